The van der Waals surface area contributed by atoms with E-state index in [0.717, 1.165) is 39.0 Å². The molecule has 0 bridgehead atoms. The van der Waals surface area contributed by atoms with Crippen molar-refractivity contribution in [2.45, 2.75) is 25.8 Å². The van der Waals surface area contributed by atoms with Gasteiger partial charge in [0.15, 0.2) is 11.6 Å². The van der Waals surface area contributed by atoms with Gasteiger partial charge in [-0.3, -0.25) is 4.90 Å². The van der Waals surface area contributed by atoms with Crippen LogP contribution in [0, 0.1) is 11.6 Å². The summed E-state index contributed by atoms with van der Waals surface area (Å²) in [5, 5.41) is 3.26. The Labute approximate surface area is 131 Å². The molecule has 1 aromatic rings. The molecule has 1 aromatic carbocycles. The molecule has 1 heterocycles. The zero-order chi connectivity index (χ0) is 14.5. The van der Waals surface area contributed by atoms with E-state index in [0.29, 0.717) is 0 Å². The van der Waals surface area contributed by atoms with Crippen LogP contribution < -0.4 is 10.1 Å². The molecule has 0 aliphatic carbocycles. The van der Waals surface area contributed by atoms with Crippen LogP contribution in [0.3, 0.4) is 0 Å². The number of hydrogen-bond donors (Lipinski definition) is 1. The van der Waals surface area contributed by atoms with Gasteiger partial charge in [0.1, 0.15) is 5.82 Å². The molecule has 21 heavy (non-hydrogen) atoms. The Bertz CT molecular complexity index is 454. The van der Waals surface area contributed by atoms with Crippen molar-refractivity contribution in [1.82, 2.24) is 10.2 Å². The van der Waals surface area contributed by atoms with Gasteiger partial charge in [-0.25, -0.2) is 8.78 Å². The first-order chi connectivity index (χ1) is 9.69. The zero-order valence-electron chi connectivity index (χ0n) is 12.5. The van der Waals surface area contributed by atoms with Crippen molar-refractivity contribution in [3.05, 3.63) is 29.3 Å². The maximum atomic E-state index is 14.5. The van der Waals surface area contributed by atoms with Crippen molar-refractivity contribution in [2.75, 3.05) is 33.3 Å². The van der Waals surface area contributed by atoms with Crippen molar-refractivity contribution in [2.24, 2.45) is 0 Å². The predicted molar refractivity (Wildman–Crippen MR) is 82.2 cm³/mol. The van der Waals surface area contributed by atoms with E-state index in [1.165, 1.54) is 19.2 Å². The Balaban J connectivity index is 0.00000220. The minimum absolute atomic E-state index is 0. The first-order valence-corrected chi connectivity index (χ1v) is 7.15. The molecule has 1 fully saturated rings. The molecule has 1 saturated heterocycles. The lowest BCUT2D eigenvalue weighted by Gasteiger charge is -2.35. The summed E-state index contributed by atoms with van der Waals surface area (Å²) in [6.45, 7) is 5.35. The molecule has 1 aliphatic rings. The third kappa shape index (κ3) is 4.05. The molecule has 0 spiro atoms. The van der Waals surface area contributed by atoms with Crippen molar-refractivity contribution in [3.63, 3.8) is 0 Å². The van der Waals surface area contributed by atoms with Gasteiger partial charge in [0.25, 0.3) is 0 Å². The average molecular weight is 321 g/mol. The summed E-state index contributed by atoms with van der Waals surface area (Å²) in [5.41, 5.74) is 0.146. The lowest BCUT2D eigenvalue weighted by molar-refractivity contribution is 0.157. The SMILES string of the molecule is CCC[C@@H](c1c(F)ccc(OC)c1F)N1CCNCC1.Cl. The number of nitrogens with one attached hydrogen (secondary N) is 1. The highest BCUT2D eigenvalue weighted by Gasteiger charge is 2.28. The van der Waals surface area contributed by atoms with Crippen LogP contribution >= 0.6 is 12.4 Å². The molecule has 1 N–H and O–H groups in total. The van der Waals surface area contributed by atoms with Gasteiger partial charge >= 0.3 is 0 Å². The topological polar surface area (TPSA) is 24.5 Å². The number of piperazine rings is 1. The molecule has 120 valence electrons. The largest absolute Gasteiger partial charge is 0.494 e. The van der Waals surface area contributed by atoms with Crippen molar-refractivity contribution >= 4 is 12.4 Å². The predicted octanol–water partition coefficient (Wildman–Crippen LogP) is 3.14. The fourth-order valence-corrected chi connectivity index (χ4v) is 2.79. The molecule has 1 aliphatic heterocycles. The number of halogens is 3. The van der Waals surface area contributed by atoms with Crippen LogP contribution in [0.5, 0.6) is 5.75 Å². The van der Waals surface area contributed by atoms with Crippen LogP contribution in [0.15, 0.2) is 12.1 Å². The number of rotatable bonds is 5. The third-order valence-electron chi connectivity index (χ3n) is 3.80. The molecule has 1 atom stereocenters. The Hall–Kier alpha value is -0.910. The first kappa shape index (κ1) is 18.1. The maximum Gasteiger partial charge on any atom is 0.172 e. The fourth-order valence-electron chi connectivity index (χ4n) is 2.79. The second-order valence-electron chi connectivity index (χ2n) is 5.07. The van der Waals surface area contributed by atoms with Gasteiger partial charge in [0.05, 0.1) is 7.11 Å². The number of benzene rings is 1. The highest BCUT2D eigenvalue weighted by Crippen LogP contribution is 2.34. The highest BCUT2D eigenvalue weighted by molar-refractivity contribution is 5.85. The van der Waals surface area contributed by atoms with Gasteiger partial charge in [-0.15, -0.1) is 12.4 Å². The van der Waals surface area contributed by atoms with E-state index in [-0.39, 0.29) is 29.8 Å². The molecule has 2 rings (SSSR count). The number of nitrogens with zero attached hydrogens (tertiary/aromatic N) is 1. The van der Waals surface area contributed by atoms with Crippen LogP contribution in [-0.2, 0) is 0 Å². The molecular formula is C15H23ClF2N2O. The highest BCUT2D eigenvalue weighted by atomic mass is 35.5. The van der Waals surface area contributed by atoms with Gasteiger partial charge in [-0.05, 0) is 18.6 Å². The Morgan fingerprint density at radius 3 is 2.52 bits per heavy atom. The van der Waals surface area contributed by atoms with Crippen molar-refractivity contribution in [3.8, 4) is 5.75 Å². The second kappa shape index (κ2) is 8.51. The zero-order valence-corrected chi connectivity index (χ0v) is 13.3. The average Bonchev–Trinajstić information content (AvgIpc) is 2.47. The Morgan fingerprint density at radius 2 is 1.95 bits per heavy atom. The molecule has 0 amide bonds. The molecule has 6 heteroatoms. The first-order valence-electron chi connectivity index (χ1n) is 7.15. The van der Waals surface area contributed by atoms with E-state index in [9.17, 15) is 8.78 Å². The lowest BCUT2D eigenvalue weighted by Crippen LogP contribution is -2.45. The molecule has 0 radical (unpaired) electrons. The van der Waals surface area contributed by atoms with E-state index in [1.807, 2.05) is 6.92 Å². The molecule has 0 aromatic heterocycles. The Morgan fingerprint density at radius 1 is 1.29 bits per heavy atom. The van der Waals surface area contributed by atoms with Crippen LogP contribution in [-0.4, -0.2) is 38.2 Å². The number of methoxy groups -OCH3 is 1. The minimum atomic E-state index is -0.565. The summed E-state index contributed by atoms with van der Waals surface area (Å²) in [7, 11) is 1.40. The number of ether oxygens (including phenoxy) is 1. The summed E-state index contributed by atoms with van der Waals surface area (Å²) in [6.07, 6.45) is 1.62. The summed E-state index contributed by atoms with van der Waals surface area (Å²) in [4.78, 5) is 2.15. The van der Waals surface area contributed by atoms with E-state index < -0.39 is 11.6 Å². The Kier molecular flexibility index (Phi) is 7.35. The molecule has 3 nitrogen and oxygen atoms in total. The van der Waals surface area contributed by atoms with Crippen LogP contribution in [0.25, 0.3) is 0 Å². The molecule has 0 unspecified atom stereocenters. The lowest BCUT2D eigenvalue weighted by atomic mass is 9.98. The van der Waals surface area contributed by atoms with Gasteiger partial charge in [0.2, 0.25) is 0 Å². The third-order valence-corrected chi connectivity index (χ3v) is 3.80. The van der Waals surface area contributed by atoms with Gasteiger partial charge in [-0.1, -0.05) is 13.3 Å². The summed E-state index contributed by atoms with van der Waals surface area (Å²) < 4.78 is 33.6. The van der Waals surface area contributed by atoms with E-state index in [1.54, 1.807) is 0 Å². The fraction of sp³-hybridized carbons (Fsp3) is 0.600. The van der Waals surface area contributed by atoms with Gasteiger partial charge in [0, 0.05) is 37.8 Å². The standard InChI is InChI=1S/C15H22F2N2O.ClH/c1-3-4-12(19-9-7-18-8-10-19)14-11(16)5-6-13(20-2)15(14)17;/h5-6,12,18H,3-4,7-10H2,1-2H3;1H/t12-;/m0./s1. The van der Waals surface area contributed by atoms with Crippen molar-refractivity contribution in [1.29, 1.82) is 0 Å². The van der Waals surface area contributed by atoms with E-state index in [2.05, 4.69) is 10.2 Å². The van der Waals surface area contributed by atoms with Gasteiger partial charge in [-0.2, -0.15) is 0 Å². The monoisotopic (exact) mass is 320 g/mol. The van der Waals surface area contributed by atoms with E-state index >= 15 is 0 Å². The van der Waals surface area contributed by atoms with Gasteiger partial charge < -0.3 is 10.1 Å². The molecular weight excluding hydrogens is 298 g/mol. The van der Waals surface area contributed by atoms with Crippen LogP contribution in [0.2, 0.25) is 0 Å². The summed E-state index contributed by atoms with van der Waals surface area (Å²) >= 11 is 0. The second-order valence-corrected chi connectivity index (χ2v) is 5.07. The van der Waals surface area contributed by atoms with Crippen molar-refractivity contribution < 1.29 is 13.5 Å². The maximum absolute atomic E-state index is 14.5. The normalized spacial score (nSPS) is 17.1. The summed E-state index contributed by atoms with van der Waals surface area (Å²) in [5.74, 6) is -0.942. The number of hydrogen-bond acceptors (Lipinski definition) is 3. The smallest absolute Gasteiger partial charge is 0.172 e. The molecule has 0 saturated carbocycles. The summed E-state index contributed by atoms with van der Waals surface area (Å²) in [6, 6.07) is 2.41. The van der Waals surface area contributed by atoms with Crippen LogP contribution in [0.1, 0.15) is 31.4 Å². The van der Waals surface area contributed by atoms with E-state index in [4.69, 9.17) is 4.74 Å². The minimum Gasteiger partial charge on any atom is -0.494 e. The van der Waals surface area contributed by atoms with Crippen LogP contribution in [0.4, 0.5) is 8.78 Å². The quantitative estimate of drug-likeness (QED) is 0.902.